The van der Waals surface area contributed by atoms with Crippen molar-refractivity contribution < 1.29 is 4.79 Å². The maximum absolute atomic E-state index is 11.8. The Morgan fingerprint density at radius 3 is 2.27 bits per heavy atom. The van der Waals surface area contributed by atoms with E-state index in [4.69, 9.17) is 5.73 Å². The number of rotatable bonds is 6. The molecular formula is C12H26N2O. The van der Waals surface area contributed by atoms with Crippen LogP contribution in [0.4, 0.5) is 0 Å². The molecule has 0 aliphatic rings. The highest BCUT2D eigenvalue weighted by Gasteiger charge is 2.18. The van der Waals surface area contributed by atoms with Crippen LogP contribution >= 0.6 is 0 Å². The maximum Gasteiger partial charge on any atom is 0.224 e. The van der Waals surface area contributed by atoms with Crippen LogP contribution in [0, 0.1) is 5.92 Å². The van der Waals surface area contributed by atoms with Crippen molar-refractivity contribution in [1.82, 2.24) is 4.90 Å². The smallest absolute Gasteiger partial charge is 0.224 e. The number of hydrogen-bond donors (Lipinski definition) is 1. The monoisotopic (exact) mass is 214 g/mol. The summed E-state index contributed by atoms with van der Waals surface area (Å²) in [6, 6.07) is 0.313. The first-order valence-corrected chi connectivity index (χ1v) is 5.89. The van der Waals surface area contributed by atoms with Crippen LogP contribution < -0.4 is 5.73 Å². The highest BCUT2D eigenvalue weighted by molar-refractivity contribution is 5.76. The normalized spacial score (nSPS) is 15.1. The molecule has 0 rings (SSSR count). The molecule has 1 amide bonds. The molecule has 0 bridgehead atoms. The van der Waals surface area contributed by atoms with E-state index in [1.54, 1.807) is 0 Å². The Balaban J connectivity index is 4.07. The lowest BCUT2D eigenvalue weighted by Crippen LogP contribution is -2.39. The third kappa shape index (κ3) is 5.78. The van der Waals surface area contributed by atoms with Crippen molar-refractivity contribution in [1.29, 1.82) is 0 Å². The third-order valence-corrected chi connectivity index (χ3v) is 2.83. The minimum atomic E-state index is 0.00574. The van der Waals surface area contributed by atoms with E-state index < -0.39 is 0 Å². The van der Waals surface area contributed by atoms with E-state index in [1.165, 1.54) is 0 Å². The molecule has 0 radical (unpaired) electrons. The van der Waals surface area contributed by atoms with Gasteiger partial charge in [0.25, 0.3) is 0 Å². The van der Waals surface area contributed by atoms with Crippen molar-refractivity contribution >= 4 is 5.91 Å². The number of carbonyl (C=O) groups excluding carboxylic acids is 1. The van der Waals surface area contributed by atoms with Gasteiger partial charge in [-0.05, 0) is 25.7 Å². The fraction of sp³-hybridized carbons (Fsp3) is 0.917. The van der Waals surface area contributed by atoms with E-state index in [9.17, 15) is 4.79 Å². The first kappa shape index (κ1) is 14.4. The molecule has 0 aromatic carbocycles. The van der Waals surface area contributed by atoms with Crippen LogP contribution in [0.25, 0.3) is 0 Å². The summed E-state index contributed by atoms with van der Waals surface area (Å²) in [5.41, 5.74) is 5.77. The summed E-state index contributed by atoms with van der Waals surface area (Å²) < 4.78 is 0. The van der Waals surface area contributed by atoms with Gasteiger partial charge in [-0.2, -0.15) is 0 Å². The van der Waals surface area contributed by atoms with Crippen molar-refractivity contribution in [2.45, 2.75) is 59.0 Å². The van der Waals surface area contributed by atoms with E-state index in [0.29, 0.717) is 18.4 Å². The lowest BCUT2D eigenvalue weighted by atomic mass is 10.0. The summed E-state index contributed by atoms with van der Waals surface area (Å²) >= 11 is 0. The van der Waals surface area contributed by atoms with Gasteiger partial charge in [0, 0.05) is 25.6 Å². The lowest BCUT2D eigenvalue weighted by molar-refractivity contribution is -0.132. The zero-order chi connectivity index (χ0) is 12.0. The molecular weight excluding hydrogens is 188 g/mol. The molecule has 3 nitrogen and oxygen atoms in total. The Morgan fingerprint density at radius 2 is 1.87 bits per heavy atom. The summed E-state index contributed by atoms with van der Waals surface area (Å²) in [4.78, 5) is 13.6. The molecule has 0 aromatic rings. The van der Waals surface area contributed by atoms with Gasteiger partial charge >= 0.3 is 0 Å². The average molecular weight is 214 g/mol. The number of nitrogens with two attached hydrogens (primary N) is 1. The van der Waals surface area contributed by atoms with Crippen molar-refractivity contribution in [3.63, 3.8) is 0 Å². The first-order chi connectivity index (χ1) is 6.88. The zero-order valence-electron chi connectivity index (χ0n) is 10.8. The van der Waals surface area contributed by atoms with Gasteiger partial charge in [-0.25, -0.2) is 0 Å². The number of amides is 1. The molecule has 0 saturated heterocycles. The largest absolute Gasteiger partial charge is 0.343 e. The van der Waals surface area contributed by atoms with E-state index in [1.807, 2.05) is 18.9 Å². The van der Waals surface area contributed by atoms with Crippen molar-refractivity contribution in [3.8, 4) is 0 Å². The zero-order valence-corrected chi connectivity index (χ0v) is 10.8. The first-order valence-electron chi connectivity index (χ1n) is 5.89. The second-order valence-corrected chi connectivity index (χ2v) is 4.86. The number of nitrogens with zero attached hydrogens (tertiary/aromatic N) is 1. The Bertz CT molecular complexity index is 192. The Hall–Kier alpha value is -0.570. The van der Waals surface area contributed by atoms with Gasteiger partial charge in [0.05, 0.1) is 0 Å². The fourth-order valence-corrected chi connectivity index (χ4v) is 1.60. The highest BCUT2D eigenvalue weighted by Crippen LogP contribution is 2.11. The molecule has 0 aromatic heterocycles. The van der Waals surface area contributed by atoms with Crippen LogP contribution in [0.3, 0.4) is 0 Å². The second kappa shape index (κ2) is 6.83. The average Bonchev–Trinajstić information content (AvgIpc) is 2.15. The van der Waals surface area contributed by atoms with Gasteiger partial charge in [0.2, 0.25) is 5.91 Å². The molecule has 0 aliphatic heterocycles. The maximum atomic E-state index is 11.8. The summed E-state index contributed by atoms with van der Waals surface area (Å²) in [6.07, 6.45) is 2.37. The number of carbonyl (C=O) groups is 1. The molecule has 3 heteroatoms. The molecule has 2 N–H and O–H groups in total. The molecule has 15 heavy (non-hydrogen) atoms. The third-order valence-electron chi connectivity index (χ3n) is 2.83. The Labute approximate surface area is 94.0 Å². The molecule has 90 valence electrons. The summed E-state index contributed by atoms with van der Waals surface area (Å²) in [7, 11) is 1.87. The lowest BCUT2D eigenvalue weighted by Gasteiger charge is -2.27. The van der Waals surface area contributed by atoms with Crippen LogP contribution in [0.1, 0.15) is 47.0 Å². The minimum Gasteiger partial charge on any atom is -0.343 e. The molecule has 0 saturated carbocycles. The minimum absolute atomic E-state index is 0.00574. The fourth-order valence-electron chi connectivity index (χ4n) is 1.60. The Kier molecular flexibility index (Phi) is 6.57. The molecule has 0 spiro atoms. The van der Waals surface area contributed by atoms with Crippen molar-refractivity contribution in [2.75, 3.05) is 7.05 Å². The molecule has 2 unspecified atom stereocenters. The molecule has 0 aliphatic carbocycles. The van der Waals surface area contributed by atoms with Gasteiger partial charge in [-0.1, -0.05) is 20.8 Å². The molecule has 0 heterocycles. The summed E-state index contributed by atoms with van der Waals surface area (Å²) in [6.45, 7) is 8.45. The predicted molar refractivity (Wildman–Crippen MR) is 64.6 cm³/mol. The van der Waals surface area contributed by atoms with Crippen LogP contribution in [-0.4, -0.2) is 29.9 Å². The van der Waals surface area contributed by atoms with Gasteiger partial charge < -0.3 is 10.6 Å². The summed E-state index contributed by atoms with van der Waals surface area (Å²) in [5, 5.41) is 0. The van der Waals surface area contributed by atoms with Gasteiger partial charge in [0.15, 0.2) is 0 Å². The Morgan fingerprint density at radius 1 is 1.33 bits per heavy atom. The van der Waals surface area contributed by atoms with Gasteiger partial charge in [-0.3, -0.25) is 4.79 Å². The topological polar surface area (TPSA) is 46.3 Å². The summed E-state index contributed by atoms with van der Waals surface area (Å²) in [5.74, 6) is 0.785. The quantitative estimate of drug-likeness (QED) is 0.735. The van der Waals surface area contributed by atoms with E-state index >= 15 is 0 Å². The number of hydrogen-bond acceptors (Lipinski definition) is 2. The van der Waals surface area contributed by atoms with Crippen molar-refractivity contribution in [2.24, 2.45) is 11.7 Å². The SMILES string of the molecule is CCC(N)CC(=O)N(C)C(C)CC(C)C. The second-order valence-electron chi connectivity index (χ2n) is 4.86. The van der Waals surface area contributed by atoms with Crippen LogP contribution in [-0.2, 0) is 4.79 Å². The van der Waals surface area contributed by atoms with E-state index in [2.05, 4.69) is 20.8 Å². The van der Waals surface area contributed by atoms with Gasteiger partial charge in [-0.15, -0.1) is 0 Å². The van der Waals surface area contributed by atoms with E-state index in [-0.39, 0.29) is 11.9 Å². The van der Waals surface area contributed by atoms with E-state index in [0.717, 1.165) is 12.8 Å². The van der Waals surface area contributed by atoms with Crippen LogP contribution in [0.2, 0.25) is 0 Å². The van der Waals surface area contributed by atoms with Crippen molar-refractivity contribution in [3.05, 3.63) is 0 Å². The molecule has 0 fully saturated rings. The van der Waals surface area contributed by atoms with Crippen LogP contribution in [0.15, 0.2) is 0 Å². The van der Waals surface area contributed by atoms with Crippen LogP contribution in [0.5, 0.6) is 0 Å². The highest BCUT2D eigenvalue weighted by atomic mass is 16.2. The van der Waals surface area contributed by atoms with Gasteiger partial charge in [0.1, 0.15) is 0 Å². The molecule has 2 atom stereocenters. The predicted octanol–water partition coefficient (Wildman–Crippen LogP) is 2.01. The standard InChI is InChI=1S/C12H26N2O/c1-6-11(13)8-12(15)14(5)10(4)7-9(2)3/h9-11H,6-8,13H2,1-5H3.